The van der Waals surface area contributed by atoms with E-state index >= 15 is 0 Å². The third kappa shape index (κ3) is 5.91. The number of hydrogen-bond acceptors (Lipinski definition) is 3. The summed E-state index contributed by atoms with van der Waals surface area (Å²) in [7, 11) is 1.64. The molecule has 0 aliphatic heterocycles. The van der Waals surface area contributed by atoms with Crippen molar-refractivity contribution in [3.05, 3.63) is 69.2 Å². The van der Waals surface area contributed by atoms with Crippen molar-refractivity contribution in [3.63, 3.8) is 0 Å². The third-order valence-electron chi connectivity index (χ3n) is 5.00. The lowest BCUT2D eigenvalue weighted by atomic mass is 9.97. The zero-order valence-corrected chi connectivity index (χ0v) is 17.8. The Bertz CT molecular complexity index is 820. The molecule has 0 saturated carbocycles. The number of hydrogen-bond donors (Lipinski definition) is 1. The molecule has 1 aliphatic carbocycles. The van der Waals surface area contributed by atoms with Crippen LogP contribution in [-0.4, -0.2) is 13.7 Å². The topological polar surface area (TPSA) is 30.5 Å². The van der Waals surface area contributed by atoms with E-state index in [0.29, 0.717) is 34.7 Å². The second-order valence-electron chi connectivity index (χ2n) is 7.01. The lowest BCUT2D eigenvalue weighted by molar-refractivity contribution is 0.284. The molecule has 0 radical (unpaired) electrons. The summed E-state index contributed by atoms with van der Waals surface area (Å²) in [5.41, 5.74) is 3.50. The molecule has 0 aromatic heterocycles. The third-order valence-corrected chi connectivity index (χ3v) is 5.72. The molecule has 0 spiro atoms. The maximum atomic E-state index is 6.49. The van der Waals surface area contributed by atoms with Gasteiger partial charge < -0.3 is 14.8 Å². The van der Waals surface area contributed by atoms with E-state index in [1.54, 1.807) is 12.7 Å². The van der Waals surface area contributed by atoms with Gasteiger partial charge in [-0.2, -0.15) is 0 Å². The number of methoxy groups -OCH3 is 1. The predicted molar refractivity (Wildman–Crippen MR) is 117 cm³/mol. The predicted octanol–water partition coefficient (Wildman–Crippen LogP) is 6.56. The number of halogens is 2. The minimum atomic E-state index is 0.360. The van der Waals surface area contributed by atoms with E-state index in [2.05, 4.69) is 11.4 Å². The maximum absolute atomic E-state index is 6.49. The molecule has 2 aromatic rings. The summed E-state index contributed by atoms with van der Waals surface area (Å²) >= 11 is 12.7. The van der Waals surface area contributed by atoms with Crippen LogP contribution in [0.5, 0.6) is 11.5 Å². The smallest absolute Gasteiger partial charge is 0.163 e. The van der Waals surface area contributed by atoms with Gasteiger partial charge in [0, 0.05) is 28.2 Å². The van der Waals surface area contributed by atoms with Gasteiger partial charge in [-0.25, -0.2) is 0 Å². The Hall–Kier alpha value is -1.68. The molecule has 1 aliphatic rings. The Labute approximate surface area is 177 Å². The molecular weight excluding hydrogens is 393 g/mol. The number of benzene rings is 2. The van der Waals surface area contributed by atoms with Crippen molar-refractivity contribution in [1.82, 2.24) is 5.32 Å². The van der Waals surface area contributed by atoms with Crippen molar-refractivity contribution in [2.45, 2.75) is 45.3 Å². The zero-order chi connectivity index (χ0) is 19.8. The highest BCUT2D eigenvalue weighted by atomic mass is 35.5. The Balaban J connectivity index is 1.57. The highest BCUT2D eigenvalue weighted by molar-refractivity contribution is 6.31. The van der Waals surface area contributed by atoms with Gasteiger partial charge in [0.25, 0.3) is 0 Å². The van der Waals surface area contributed by atoms with Crippen molar-refractivity contribution < 1.29 is 9.47 Å². The molecule has 3 nitrogen and oxygen atoms in total. The molecule has 0 atom stereocenters. The van der Waals surface area contributed by atoms with E-state index < -0.39 is 0 Å². The van der Waals surface area contributed by atoms with E-state index in [4.69, 9.17) is 32.7 Å². The van der Waals surface area contributed by atoms with Crippen LogP contribution in [0.1, 0.15) is 43.2 Å². The van der Waals surface area contributed by atoms with Crippen molar-refractivity contribution in [2.75, 3.05) is 13.7 Å². The molecule has 3 rings (SSSR count). The van der Waals surface area contributed by atoms with Crippen molar-refractivity contribution in [3.8, 4) is 11.5 Å². The fourth-order valence-corrected chi connectivity index (χ4v) is 3.77. The monoisotopic (exact) mass is 419 g/mol. The van der Waals surface area contributed by atoms with Gasteiger partial charge in [0.2, 0.25) is 0 Å². The first kappa shape index (κ1) is 21.0. The van der Waals surface area contributed by atoms with Crippen LogP contribution in [0.25, 0.3) is 0 Å². The van der Waals surface area contributed by atoms with Gasteiger partial charge in [-0.05, 0) is 56.3 Å². The molecule has 0 fully saturated rings. The fourth-order valence-electron chi connectivity index (χ4n) is 3.36. The Kier molecular flexibility index (Phi) is 8.08. The van der Waals surface area contributed by atoms with Gasteiger partial charge in [0.05, 0.1) is 7.11 Å². The second-order valence-corrected chi connectivity index (χ2v) is 7.82. The molecule has 0 heterocycles. The molecule has 0 bridgehead atoms. The minimum absolute atomic E-state index is 0.360. The van der Waals surface area contributed by atoms with Crippen molar-refractivity contribution in [2.24, 2.45) is 0 Å². The Morgan fingerprint density at radius 1 is 1.00 bits per heavy atom. The van der Waals surface area contributed by atoms with Gasteiger partial charge >= 0.3 is 0 Å². The Morgan fingerprint density at radius 2 is 1.86 bits per heavy atom. The van der Waals surface area contributed by atoms with Crippen LogP contribution in [0.15, 0.2) is 48.0 Å². The minimum Gasteiger partial charge on any atom is -0.493 e. The summed E-state index contributed by atoms with van der Waals surface area (Å²) in [5.74, 6) is 1.28. The first-order valence-electron chi connectivity index (χ1n) is 9.78. The molecule has 0 saturated heterocycles. The first-order valence-corrected chi connectivity index (χ1v) is 10.5. The number of ether oxygens (including phenoxy) is 2. The molecule has 5 heteroatoms. The maximum Gasteiger partial charge on any atom is 0.163 e. The van der Waals surface area contributed by atoms with Crippen LogP contribution >= 0.6 is 23.2 Å². The van der Waals surface area contributed by atoms with Gasteiger partial charge in [-0.1, -0.05) is 53.1 Å². The van der Waals surface area contributed by atoms with Crippen LogP contribution in [0, 0.1) is 0 Å². The fraction of sp³-hybridized carbons (Fsp3) is 0.391. The van der Waals surface area contributed by atoms with Gasteiger partial charge in [0.15, 0.2) is 11.5 Å². The summed E-state index contributed by atoms with van der Waals surface area (Å²) < 4.78 is 11.4. The average Bonchev–Trinajstić information content (AvgIpc) is 2.72. The van der Waals surface area contributed by atoms with Crippen LogP contribution in [-0.2, 0) is 13.2 Å². The summed E-state index contributed by atoms with van der Waals surface area (Å²) in [4.78, 5) is 0. The molecule has 28 heavy (non-hydrogen) atoms. The van der Waals surface area contributed by atoms with Gasteiger partial charge in [-0.3, -0.25) is 0 Å². The van der Waals surface area contributed by atoms with Crippen LogP contribution < -0.4 is 14.8 Å². The standard InChI is InChI=1S/C23H27Cl2NO2/c1-27-22-13-19(15-26-12-11-17-7-3-2-4-8-17)21(25)14-23(22)28-16-18-9-5-6-10-20(18)24/h5-7,9-10,13-14,26H,2-4,8,11-12,15-16H2,1H3. The van der Waals surface area contributed by atoms with Crippen LogP contribution in [0.3, 0.4) is 0 Å². The highest BCUT2D eigenvalue weighted by Crippen LogP contribution is 2.34. The molecular formula is C23H27Cl2NO2. The van der Waals surface area contributed by atoms with Gasteiger partial charge in [-0.15, -0.1) is 0 Å². The van der Waals surface area contributed by atoms with E-state index in [1.807, 2.05) is 36.4 Å². The number of rotatable bonds is 9. The SMILES string of the molecule is COc1cc(CNCCC2=CCCCC2)c(Cl)cc1OCc1ccccc1Cl. The molecule has 0 unspecified atom stereocenters. The zero-order valence-electron chi connectivity index (χ0n) is 16.3. The quantitative estimate of drug-likeness (QED) is 0.368. The first-order chi connectivity index (χ1) is 13.7. The summed E-state index contributed by atoms with van der Waals surface area (Å²) in [6.45, 7) is 2.02. The summed E-state index contributed by atoms with van der Waals surface area (Å²) in [6.07, 6.45) is 8.63. The largest absolute Gasteiger partial charge is 0.493 e. The summed E-state index contributed by atoms with van der Waals surface area (Å²) in [5, 5.41) is 4.83. The number of allylic oxidation sites excluding steroid dienone is 1. The lowest BCUT2D eigenvalue weighted by Gasteiger charge is -2.15. The Morgan fingerprint density at radius 3 is 2.61 bits per heavy atom. The molecule has 1 N–H and O–H groups in total. The van der Waals surface area contributed by atoms with Crippen molar-refractivity contribution in [1.29, 1.82) is 0 Å². The van der Waals surface area contributed by atoms with E-state index in [9.17, 15) is 0 Å². The van der Waals surface area contributed by atoms with Gasteiger partial charge in [0.1, 0.15) is 6.61 Å². The van der Waals surface area contributed by atoms with Crippen LogP contribution in [0.2, 0.25) is 10.0 Å². The van der Waals surface area contributed by atoms with E-state index in [0.717, 1.165) is 24.1 Å². The van der Waals surface area contributed by atoms with E-state index in [-0.39, 0.29) is 0 Å². The number of nitrogens with one attached hydrogen (secondary N) is 1. The molecule has 0 amide bonds. The molecule has 150 valence electrons. The van der Waals surface area contributed by atoms with E-state index in [1.165, 1.54) is 25.7 Å². The summed E-state index contributed by atoms with van der Waals surface area (Å²) in [6, 6.07) is 11.4. The highest BCUT2D eigenvalue weighted by Gasteiger charge is 2.12. The lowest BCUT2D eigenvalue weighted by Crippen LogP contribution is -2.16. The average molecular weight is 420 g/mol. The van der Waals surface area contributed by atoms with Crippen molar-refractivity contribution >= 4 is 23.2 Å². The van der Waals surface area contributed by atoms with Crippen LogP contribution in [0.4, 0.5) is 0 Å². The second kappa shape index (κ2) is 10.8. The normalized spacial score (nSPS) is 13.9. The molecule has 2 aromatic carbocycles.